The maximum Gasteiger partial charge on any atom is 0.240 e. The minimum absolute atomic E-state index is 0.00496. The molecule has 0 aromatic heterocycles. The van der Waals surface area contributed by atoms with Crippen LogP contribution in [0.1, 0.15) is 25.3 Å². The number of phenols is 1. The monoisotopic (exact) mass is 511 g/mol. The van der Waals surface area contributed by atoms with E-state index >= 15 is 0 Å². The van der Waals surface area contributed by atoms with Crippen molar-refractivity contribution in [2.45, 2.75) is 19.8 Å². The predicted octanol–water partition coefficient (Wildman–Crippen LogP) is 3.27. The van der Waals surface area contributed by atoms with Crippen LogP contribution in [0.5, 0.6) is 17.2 Å². The Hall–Kier alpha value is -2.82. The molecule has 0 radical (unpaired) electrons. The van der Waals surface area contributed by atoms with Gasteiger partial charge in [-0.2, -0.15) is 5.10 Å². The molecule has 0 saturated heterocycles. The SMILES string of the molecule is CCOc1cc(/C=N/NC(=O)CCC(=O)Nc2ccccc2OC)cc(I)c1O. The summed E-state index contributed by atoms with van der Waals surface area (Å²) in [5.74, 6) is 0.262. The van der Waals surface area contributed by atoms with Gasteiger partial charge in [0.15, 0.2) is 11.5 Å². The summed E-state index contributed by atoms with van der Waals surface area (Å²) >= 11 is 1.98. The Kier molecular flexibility index (Phi) is 8.71. The normalized spacial score (nSPS) is 10.6. The number of para-hydroxylation sites is 2. The number of carbonyl (C=O) groups is 2. The third-order valence-corrected chi connectivity index (χ3v) is 4.54. The van der Waals surface area contributed by atoms with Crippen molar-refractivity contribution in [1.82, 2.24) is 5.43 Å². The summed E-state index contributed by atoms with van der Waals surface area (Å²) in [5.41, 5.74) is 3.58. The molecule has 0 unspecified atom stereocenters. The van der Waals surface area contributed by atoms with Gasteiger partial charge in [-0.25, -0.2) is 5.43 Å². The van der Waals surface area contributed by atoms with Crippen molar-refractivity contribution in [3.05, 3.63) is 45.5 Å². The number of ether oxygens (including phenoxy) is 2. The van der Waals surface area contributed by atoms with Crippen LogP contribution >= 0.6 is 22.6 Å². The van der Waals surface area contributed by atoms with E-state index in [1.165, 1.54) is 13.3 Å². The molecule has 2 aromatic carbocycles. The number of methoxy groups -OCH3 is 1. The predicted molar refractivity (Wildman–Crippen MR) is 119 cm³/mol. The van der Waals surface area contributed by atoms with Gasteiger partial charge in [-0.3, -0.25) is 9.59 Å². The Balaban J connectivity index is 1.84. The second-order valence-electron chi connectivity index (χ2n) is 5.82. The van der Waals surface area contributed by atoms with E-state index in [0.29, 0.717) is 32.9 Å². The van der Waals surface area contributed by atoms with Crippen LogP contribution in [0.4, 0.5) is 5.69 Å². The number of phenolic OH excluding ortho intramolecular Hbond substituents is 1. The van der Waals surface area contributed by atoms with Crippen molar-refractivity contribution in [1.29, 1.82) is 0 Å². The fraction of sp³-hybridized carbons (Fsp3) is 0.250. The third kappa shape index (κ3) is 6.93. The first-order valence-corrected chi connectivity index (χ1v) is 9.92. The first-order chi connectivity index (χ1) is 13.9. The van der Waals surface area contributed by atoms with Gasteiger partial charge in [0.05, 0.1) is 29.2 Å². The number of aromatic hydroxyl groups is 1. The van der Waals surface area contributed by atoms with Crippen molar-refractivity contribution >= 4 is 46.3 Å². The summed E-state index contributed by atoms with van der Waals surface area (Å²) < 4.78 is 11.1. The molecule has 0 atom stereocenters. The number of anilines is 1. The minimum atomic E-state index is -0.394. The van der Waals surface area contributed by atoms with Gasteiger partial charge in [0, 0.05) is 12.8 Å². The number of nitrogens with zero attached hydrogens (tertiary/aromatic N) is 1. The highest BCUT2D eigenvalue weighted by molar-refractivity contribution is 14.1. The average Bonchev–Trinajstić information content (AvgIpc) is 2.70. The van der Waals surface area contributed by atoms with Crippen molar-refractivity contribution in [2.24, 2.45) is 5.10 Å². The molecule has 0 fully saturated rings. The quantitative estimate of drug-likeness (QED) is 0.272. The van der Waals surface area contributed by atoms with Crippen LogP contribution < -0.4 is 20.2 Å². The first-order valence-electron chi connectivity index (χ1n) is 8.84. The van der Waals surface area contributed by atoms with Crippen LogP contribution in [0.2, 0.25) is 0 Å². The maximum atomic E-state index is 12.0. The number of hydrogen-bond acceptors (Lipinski definition) is 6. The second-order valence-corrected chi connectivity index (χ2v) is 6.99. The number of hydrazone groups is 1. The molecule has 0 saturated carbocycles. The molecule has 8 nitrogen and oxygen atoms in total. The van der Waals surface area contributed by atoms with Gasteiger partial charge < -0.3 is 19.9 Å². The van der Waals surface area contributed by atoms with Gasteiger partial charge in [0.2, 0.25) is 11.8 Å². The van der Waals surface area contributed by atoms with Crippen molar-refractivity contribution in [3.63, 3.8) is 0 Å². The lowest BCUT2D eigenvalue weighted by molar-refractivity contribution is -0.124. The summed E-state index contributed by atoms with van der Waals surface area (Å²) in [4.78, 5) is 23.9. The van der Waals surface area contributed by atoms with Crippen LogP contribution in [0, 0.1) is 3.57 Å². The van der Waals surface area contributed by atoms with Gasteiger partial charge >= 0.3 is 0 Å². The Morgan fingerprint density at radius 2 is 1.90 bits per heavy atom. The zero-order valence-electron chi connectivity index (χ0n) is 16.1. The Bertz CT molecular complexity index is 902. The summed E-state index contributed by atoms with van der Waals surface area (Å²) in [6.45, 7) is 2.23. The number of hydrogen-bond donors (Lipinski definition) is 3. The highest BCUT2D eigenvalue weighted by Gasteiger charge is 2.10. The largest absolute Gasteiger partial charge is 0.504 e. The molecule has 0 aliphatic rings. The number of amides is 2. The van der Waals surface area contributed by atoms with E-state index < -0.39 is 5.91 Å². The van der Waals surface area contributed by atoms with Gasteiger partial charge in [-0.15, -0.1) is 0 Å². The molecule has 0 spiro atoms. The molecule has 2 aromatic rings. The topological polar surface area (TPSA) is 109 Å². The average molecular weight is 511 g/mol. The number of carbonyl (C=O) groups excluding carboxylic acids is 2. The Morgan fingerprint density at radius 3 is 2.62 bits per heavy atom. The molecule has 154 valence electrons. The second kappa shape index (κ2) is 11.2. The molecule has 0 bridgehead atoms. The zero-order chi connectivity index (χ0) is 21.2. The lowest BCUT2D eigenvalue weighted by Gasteiger charge is -2.09. The van der Waals surface area contributed by atoms with Crippen LogP contribution in [0.25, 0.3) is 0 Å². The number of halogens is 1. The van der Waals surface area contributed by atoms with E-state index in [1.54, 1.807) is 36.4 Å². The van der Waals surface area contributed by atoms with E-state index in [9.17, 15) is 14.7 Å². The van der Waals surface area contributed by atoms with Crippen LogP contribution in [0.15, 0.2) is 41.5 Å². The third-order valence-electron chi connectivity index (χ3n) is 3.71. The molecule has 0 aliphatic carbocycles. The highest BCUT2D eigenvalue weighted by atomic mass is 127. The van der Waals surface area contributed by atoms with Crippen molar-refractivity contribution in [2.75, 3.05) is 19.0 Å². The number of rotatable bonds is 9. The van der Waals surface area contributed by atoms with Crippen molar-refractivity contribution < 1.29 is 24.2 Å². The standard InChI is InChI=1S/C20H22IN3O5/c1-3-29-17-11-13(10-14(21)20(17)27)12-22-24-19(26)9-8-18(25)23-15-6-4-5-7-16(15)28-2/h4-7,10-12,27H,3,8-9H2,1-2H3,(H,23,25)(H,24,26)/b22-12+. The minimum Gasteiger partial charge on any atom is -0.504 e. The van der Waals surface area contributed by atoms with Crippen LogP contribution in [-0.2, 0) is 9.59 Å². The van der Waals surface area contributed by atoms with Gasteiger partial charge in [0.25, 0.3) is 0 Å². The van der Waals surface area contributed by atoms with Gasteiger partial charge in [-0.1, -0.05) is 12.1 Å². The molecule has 2 rings (SSSR count). The Labute approximate surface area is 182 Å². The summed E-state index contributed by atoms with van der Waals surface area (Å²) in [6, 6.07) is 10.4. The van der Waals surface area contributed by atoms with E-state index in [4.69, 9.17) is 9.47 Å². The molecule has 29 heavy (non-hydrogen) atoms. The fourth-order valence-electron chi connectivity index (χ4n) is 2.36. The summed E-state index contributed by atoms with van der Waals surface area (Å²) in [7, 11) is 1.52. The van der Waals surface area contributed by atoms with E-state index in [1.807, 2.05) is 29.5 Å². The molecule has 9 heteroatoms. The number of nitrogens with one attached hydrogen (secondary N) is 2. The molecule has 3 N–H and O–H groups in total. The van der Waals surface area contributed by atoms with Crippen LogP contribution in [0.3, 0.4) is 0 Å². The lowest BCUT2D eigenvalue weighted by atomic mass is 10.2. The van der Waals surface area contributed by atoms with E-state index in [2.05, 4.69) is 15.8 Å². The lowest BCUT2D eigenvalue weighted by Crippen LogP contribution is -2.20. The molecular formula is C20H22IN3O5. The smallest absolute Gasteiger partial charge is 0.240 e. The molecule has 0 aliphatic heterocycles. The van der Waals surface area contributed by atoms with E-state index in [0.717, 1.165) is 0 Å². The Morgan fingerprint density at radius 1 is 1.17 bits per heavy atom. The maximum absolute atomic E-state index is 12.0. The fourth-order valence-corrected chi connectivity index (χ4v) is 2.98. The highest BCUT2D eigenvalue weighted by Crippen LogP contribution is 2.32. The molecule has 0 heterocycles. The summed E-state index contributed by atoms with van der Waals surface area (Å²) in [6.07, 6.45) is 1.43. The van der Waals surface area contributed by atoms with E-state index in [-0.39, 0.29) is 24.5 Å². The van der Waals surface area contributed by atoms with Crippen molar-refractivity contribution in [3.8, 4) is 17.2 Å². The summed E-state index contributed by atoms with van der Waals surface area (Å²) in [5, 5.41) is 16.5. The zero-order valence-corrected chi connectivity index (χ0v) is 18.2. The molecule has 2 amide bonds. The number of benzene rings is 2. The molecular weight excluding hydrogens is 489 g/mol. The van der Waals surface area contributed by atoms with Gasteiger partial charge in [0.1, 0.15) is 5.75 Å². The van der Waals surface area contributed by atoms with Crippen LogP contribution in [-0.4, -0.2) is 36.9 Å². The first kappa shape index (κ1) is 22.5. The van der Waals surface area contributed by atoms with Gasteiger partial charge in [-0.05, 0) is 59.3 Å².